The van der Waals surface area contributed by atoms with E-state index in [0.29, 0.717) is 5.95 Å². The second-order valence-corrected chi connectivity index (χ2v) is 6.24. The molecule has 1 aromatic heterocycles. The van der Waals surface area contributed by atoms with Crippen LogP contribution >= 0.6 is 0 Å². The van der Waals surface area contributed by atoms with Crippen LogP contribution < -0.4 is 4.90 Å². The first kappa shape index (κ1) is 14.7. The fraction of sp³-hybridized carbons (Fsp3) is 0.733. The molecular formula is C15H24FN5. The third kappa shape index (κ3) is 3.89. The molecule has 0 unspecified atom stereocenters. The van der Waals surface area contributed by atoms with Gasteiger partial charge in [0, 0.05) is 45.8 Å². The molecule has 21 heavy (non-hydrogen) atoms. The number of nitrogens with zero attached hydrogens (tertiary/aromatic N) is 5. The molecule has 3 rings (SSSR count). The monoisotopic (exact) mass is 293 g/mol. The van der Waals surface area contributed by atoms with Crippen LogP contribution in [0.5, 0.6) is 0 Å². The summed E-state index contributed by atoms with van der Waals surface area (Å²) in [6.45, 7) is 7.92. The molecule has 6 heteroatoms. The van der Waals surface area contributed by atoms with Crippen LogP contribution in [0.2, 0.25) is 0 Å². The minimum Gasteiger partial charge on any atom is -0.341 e. The second-order valence-electron chi connectivity index (χ2n) is 6.24. The highest BCUT2D eigenvalue weighted by molar-refractivity contribution is 5.29. The molecule has 116 valence electrons. The molecule has 0 bridgehead atoms. The van der Waals surface area contributed by atoms with E-state index in [9.17, 15) is 4.39 Å². The number of rotatable bonds is 3. The van der Waals surface area contributed by atoms with Gasteiger partial charge in [-0.05, 0) is 25.8 Å². The lowest BCUT2D eigenvalue weighted by Crippen LogP contribution is -2.47. The summed E-state index contributed by atoms with van der Waals surface area (Å²) < 4.78 is 12.9. The van der Waals surface area contributed by atoms with Gasteiger partial charge in [-0.1, -0.05) is 0 Å². The van der Waals surface area contributed by atoms with Crippen LogP contribution in [-0.4, -0.2) is 72.6 Å². The molecule has 0 saturated carbocycles. The molecule has 5 nitrogen and oxygen atoms in total. The van der Waals surface area contributed by atoms with Gasteiger partial charge in [0.1, 0.15) is 0 Å². The number of hydrogen-bond donors (Lipinski definition) is 0. The quantitative estimate of drug-likeness (QED) is 0.833. The number of piperidine rings is 1. The maximum absolute atomic E-state index is 12.9. The second kappa shape index (κ2) is 6.66. The van der Waals surface area contributed by atoms with Gasteiger partial charge < -0.3 is 14.7 Å². The maximum atomic E-state index is 12.9. The summed E-state index contributed by atoms with van der Waals surface area (Å²) in [6.07, 6.45) is 4.84. The van der Waals surface area contributed by atoms with Crippen molar-refractivity contribution in [3.8, 4) is 0 Å². The fourth-order valence-electron chi connectivity index (χ4n) is 3.18. The van der Waals surface area contributed by atoms with Crippen molar-refractivity contribution in [2.45, 2.75) is 12.8 Å². The number of piperazine rings is 1. The van der Waals surface area contributed by atoms with Gasteiger partial charge in [-0.15, -0.1) is 0 Å². The average molecular weight is 293 g/mol. The standard InChI is InChI=1S/C15H24FN5/c1-19-6-8-20(9-7-19)12-13-2-4-21(5-3-13)15-17-10-14(16)11-18-15/h10-11,13H,2-9,12H2,1H3. The highest BCUT2D eigenvalue weighted by Gasteiger charge is 2.24. The van der Waals surface area contributed by atoms with E-state index in [0.717, 1.165) is 19.0 Å². The number of anilines is 1. The number of likely N-dealkylation sites (N-methyl/N-ethyl adjacent to an activating group) is 1. The Balaban J connectivity index is 1.45. The SMILES string of the molecule is CN1CCN(CC2CCN(c3ncc(F)cn3)CC2)CC1. The van der Waals surface area contributed by atoms with E-state index < -0.39 is 0 Å². The number of hydrogen-bond acceptors (Lipinski definition) is 5. The summed E-state index contributed by atoms with van der Waals surface area (Å²) in [5.41, 5.74) is 0. The molecule has 3 heterocycles. The first-order valence-electron chi connectivity index (χ1n) is 7.84. The van der Waals surface area contributed by atoms with Crippen molar-refractivity contribution in [2.75, 3.05) is 57.8 Å². The lowest BCUT2D eigenvalue weighted by Gasteiger charge is -2.37. The maximum Gasteiger partial charge on any atom is 0.225 e. The Labute approximate surface area is 125 Å². The normalized spacial score (nSPS) is 22.7. The molecule has 2 aliphatic heterocycles. The zero-order valence-electron chi connectivity index (χ0n) is 12.7. The Morgan fingerprint density at radius 1 is 1.05 bits per heavy atom. The van der Waals surface area contributed by atoms with Crippen LogP contribution in [-0.2, 0) is 0 Å². The van der Waals surface area contributed by atoms with Crippen molar-refractivity contribution >= 4 is 5.95 Å². The van der Waals surface area contributed by atoms with Crippen molar-refractivity contribution in [1.29, 1.82) is 0 Å². The van der Waals surface area contributed by atoms with Gasteiger partial charge in [0.05, 0.1) is 12.4 Å². The van der Waals surface area contributed by atoms with Gasteiger partial charge in [-0.3, -0.25) is 0 Å². The lowest BCUT2D eigenvalue weighted by molar-refractivity contribution is 0.129. The molecule has 0 amide bonds. The molecule has 2 saturated heterocycles. The topological polar surface area (TPSA) is 35.5 Å². The van der Waals surface area contributed by atoms with Gasteiger partial charge in [0.2, 0.25) is 5.95 Å². The zero-order valence-corrected chi connectivity index (χ0v) is 12.7. The average Bonchev–Trinajstić information content (AvgIpc) is 2.51. The molecule has 0 aliphatic carbocycles. The predicted molar refractivity (Wildman–Crippen MR) is 80.9 cm³/mol. The van der Waals surface area contributed by atoms with Gasteiger partial charge in [-0.2, -0.15) is 0 Å². The summed E-state index contributed by atoms with van der Waals surface area (Å²) in [5, 5.41) is 0. The predicted octanol–water partition coefficient (Wildman–Crippen LogP) is 1.08. The van der Waals surface area contributed by atoms with Gasteiger partial charge in [0.25, 0.3) is 0 Å². The van der Waals surface area contributed by atoms with Crippen LogP contribution in [0.25, 0.3) is 0 Å². The van der Waals surface area contributed by atoms with Crippen molar-refractivity contribution in [3.63, 3.8) is 0 Å². The van der Waals surface area contributed by atoms with E-state index in [2.05, 4.69) is 31.7 Å². The zero-order chi connectivity index (χ0) is 14.7. The third-order valence-corrected chi connectivity index (χ3v) is 4.62. The van der Waals surface area contributed by atoms with Crippen molar-refractivity contribution in [1.82, 2.24) is 19.8 Å². The number of aromatic nitrogens is 2. The van der Waals surface area contributed by atoms with Crippen molar-refractivity contribution < 1.29 is 4.39 Å². The highest BCUT2D eigenvalue weighted by atomic mass is 19.1. The fourth-order valence-corrected chi connectivity index (χ4v) is 3.18. The molecule has 0 atom stereocenters. The van der Waals surface area contributed by atoms with E-state index in [1.807, 2.05) is 0 Å². The smallest absolute Gasteiger partial charge is 0.225 e. The largest absolute Gasteiger partial charge is 0.341 e. The van der Waals surface area contributed by atoms with E-state index in [-0.39, 0.29) is 5.82 Å². The van der Waals surface area contributed by atoms with Crippen LogP contribution in [0.15, 0.2) is 12.4 Å². The summed E-state index contributed by atoms with van der Waals surface area (Å²) in [4.78, 5) is 15.3. The molecule has 2 aliphatic rings. The van der Waals surface area contributed by atoms with Crippen LogP contribution in [0.1, 0.15) is 12.8 Å². The van der Waals surface area contributed by atoms with Gasteiger partial charge >= 0.3 is 0 Å². The van der Waals surface area contributed by atoms with E-state index in [4.69, 9.17) is 0 Å². The van der Waals surface area contributed by atoms with Crippen LogP contribution in [0.3, 0.4) is 0 Å². The highest BCUT2D eigenvalue weighted by Crippen LogP contribution is 2.21. The minimum atomic E-state index is -0.372. The first-order valence-corrected chi connectivity index (χ1v) is 7.84. The molecule has 0 spiro atoms. The van der Waals surface area contributed by atoms with Crippen molar-refractivity contribution in [3.05, 3.63) is 18.2 Å². The Kier molecular flexibility index (Phi) is 4.65. The van der Waals surface area contributed by atoms with Gasteiger partial charge in [0.15, 0.2) is 5.82 Å². The molecule has 1 aromatic rings. The molecule has 0 radical (unpaired) electrons. The summed E-state index contributed by atoms with van der Waals surface area (Å²) in [7, 11) is 2.19. The third-order valence-electron chi connectivity index (χ3n) is 4.62. The minimum absolute atomic E-state index is 0.372. The van der Waals surface area contributed by atoms with Gasteiger partial charge in [-0.25, -0.2) is 14.4 Å². The first-order chi connectivity index (χ1) is 10.2. The number of halogens is 1. The Bertz CT molecular complexity index is 436. The molecule has 2 fully saturated rings. The Hall–Kier alpha value is -1.27. The summed E-state index contributed by atoms with van der Waals surface area (Å²) >= 11 is 0. The van der Waals surface area contributed by atoms with E-state index >= 15 is 0 Å². The summed E-state index contributed by atoms with van der Waals surface area (Å²) in [6, 6.07) is 0. The molecular weight excluding hydrogens is 269 g/mol. The van der Waals surface area contributed by atoms with Crippen LogP contribution in [0.4, 0.5) is 10.3 Å². The lowest BCUT2D eigenvalue weighted by atomic mass is 9.96. The summed E-state index contributed by atoms with van der Waals surface area (Å²) in [5.74, 6) is 1.06. The van der Waals surface area contributed by atoms with E-state index in [1.165, 1.54) is 58.0 Å². The van der Waals surface area contributed by atoms with E-state index in [1.54, 1.807) is 0 Å². The Morgan fingerprint density at radius 3 is 2.29 bits per heavy atom. The molecule has 0 N–H and O–H groups in total. The van der Waals surface area contributed by atoms with Crippen molar-refractivity contribution in [2.24, 2.45) is 5.92 Å². The van der Waals surface area contributed by atoms with Crippen LogP contribution in [0, 0.1) is 11.7 Å². The Morgan fingerprint density at radius 2 is 1.67 bits per heavy atom. The molecule has 0 aromatic carbocycles.